The summed E-state index contributed by atoms with van der Waals surface area (Å²) in [5, 5.41) is 6.26. The molecule has 0 aromatic heterocycles. The lowest BCUT2D eigenvalue weighted by Crippen LogP contribution is -2.55. The van der Waals surface area contributed by atoms with Crippen LogP contribution in [-0.2, 0) is 9.53 Å². The Morgan fingerprint density at radius 2 is 2.21 bits per heavy atom. The van der Waals surface area contributed by atoms with Crippen molar-refractivity contribution in [3.63, 3.8) is 0 Å². The lowest BCUT2D eigenvalue weighted by atomic mass is 10.0. The summed E-state index contributed by atoms with van der Waals surface area (Å²) in [6.07, 6.45) is -0.0854. The van der Waals surface area contributed by atoms with Gasteiger partial charge in [0.25, 0.3) is 0 Å². The zero-order valence-corrected chi connectivity index (χ0v) is 11.8. The second-order valence-corrected chi connectivity index (χ2v) is 5.09. The van der Waals surface area contributed by atoms with Gasteiger partial charge in [0, 0.05) is 6.54 Å². The molecule has 1 aliphatic heterocycles. The molecule has 0 aliphatic carbocycles. The molecule has 1 aromatic carbocycles. The van der Waals surface area contributed by atoms with Crippen molar-refractivity contribution in [2.24, 2.45) is 0 Å². The Hall–Kier alpha value is -1.39. The van der Waals surface area contributed by atoms with Gasteiger partial charge in [0.2, 0.25) is 5.91 Å². The van der Waals surface area contributed by atoms with Crippen LogP contribution in [0.5, 0.6) is 0 Å². The summed E-state index contributed by atoms with van der Waals surface area (Å²) >= 11 is 0. The van der Waals surface area contributed by atoms with Gasteiger partial charge in [0.1, 0.15) is 6.04 Å². The molecule has 19 heavy (non-hydrogen) atoms. The molecule has 1 fully saturated rings. The highest BCUT2D eigenvalue weighted by atomic mass is 16.5. The van der Waals surface area contributed by atoms with Crippen LogP contribution in [0.3, 0.4) is 0 Å². The zero-order chi connectivity index (χ0) is 13.8. The average Bonchev–Trinajstić information content (AvgIpc) is 2.39. The summed E-state index contributed by atoms with van der Waals surface area (Å²) in [7, 11) is 0. The first kappa shape index (κ1) is 14.0. The van der Waals surface area contributed by atoms with Crippen molar-refractivity contribution >= 4 is 5.91 Å². The molecule has 104 valence electrons. The quantitative estimate of drug-likeness (QED) is 0.869. The summed E-state index contributed by atoms with van der Waals surface area (Å²) in [5.74, 6) is 0.00273. The number of nitrogens with one attached hydrogen (secondary N) is 2. The molecule has 0 bridgehead atoms. The second-order valence-electron chi connectivity index (χ2n) is 5.09. The molecule has 1 heterocycles. The molecule has 1 saturated heterocycles. The predicted octanol–water partition coefficient (Wildman–Crippen LogP) is 1.55. The molecule has 1 amide bonds. The van der Waals surface area contributed by atoms with Crippen LogP contribution in [0.4, 0.5) is 0 Å². The molecule has 0 spiro atoms. The third-order valence-corrected chi connectivity index (χ3v) is 3.61. The van der Waals surface area contributed by atoms with Crippen LogP contribution in [0.15, 0.2) is 24.3 Å². The molecular formula is C15H22N2O2. The van der Waals surface area contributed by atoms with E-state index in [-0.39, 0.29) is 24.1 Å². The van der Waals surface area contributed by atoms with E-state index < -0.39 is 0 Å². The number of morpholine rings is 1. The minimum atomic E-state index is -0.264. The standard InChI is InChI=1S/C15H22N2O2/c1-10-6-4-5-7-13(10)11(2)17-15(18)14-12(3)19-9-8-16-14/h4-7,11-12,14,16H,8-9H2,1-3H3,(H,17,18)/t11?,12-,14+/m1/s1. The largest absolute Gasteiger partial charge is 0.375 e. The fourth-order valence-corrected chi connectivity index (χ4v) is 2.48. The maximum absolute atomic E-state index is 12.2. The highest BCUT2D eigenvalue weighted by Gasteiger charge is 2.29. The third kappa shape index (κ3) is 3.33. The average molecular weight is 262 g/mol. The minimum absolute atomic E-state index is 0.00273. The fraction of sp³-hybridized carbons (Fsp3) is 0.533. The van der Waals surface area contributed by atoms with Crippen LogP contribution in [0.25, 0.3) is 0 Å². The smallest absolute Gasteiger partial charge is 0.240 e. The SMILES string of the molecule is Cc1ccccc1C(C)NC(=O)[C@H]1NCCO[C@@H]1C. The van der Waals surface area contributed by atoms with Gasteiger partial charge in [0.05, 0.1) is 18.8 Å². The summed E-state index contributed by atoms with van der Waals surface area (Å²) in [6.45, 7) is 7.38. The van der Waals surface area contributed by atoms with Gasteiger partial charge in [-0.25, -0.2) is 0 Å². The van der Waals surface area contributed by atoms with Crippen LogP contribution in [0.2, 0.25) is 0 Å². The Morgan fingerprint density at radius 1 is 1.47 bits per heavy atom. The fourth-order valence-electron chi connectivity index (χ4n) is 2.48. The predicted molar refractivity (Wildman–Crippen MR) is 74.9 cm³/mol. The first-order chi connectivity index (χ1) is 9.09. The van der Waals surface area contributed by atoms with Crippen molar-refractivity contribution in [2.45, 2.75) is 39.0 Å². The third-order valence-electron chi connectivity index (χ3n) is 3.61. The summed E-state index contributed by atoms with van der Waals surface area (Å²) < 4.78 is 5.50. The molecule has 0 radical (unpaired) electrons. The van der Waals surface area contributed by atoms with Gasteiger partial charge in [0.15, 0.2) is 0 Å². The minimum Gasteiger partial charge on any atom is -0.375 e. The highest BCUT2D eigenvalue weighted by molar-refractivity contribution is 5.83. The van der Waals surface area contributed by atoms with Crippen molar-refractivity contribution < 1.29 is 9.53 Å². The van der Waals surface area contributed by atoms with Crippen LogP contribution < -0.4 is 10.6 Å². The maximum Gasteiger partial charge on any atom is 0.240 e. The number of carbonyl (C=O) groups excluding carboxylic acids is 1. The number of hydrogen-bond acceptors (Lipinski definition) is 3. The number of carbonyl (C=O) groups is 1. The van der Waals surface area contributed by atoms with Crippen molar-refractivity contribution in [1.29, 1.82) is 0 Å². The lowest BCUT2D eigenvalue weighted by Gasteiger charge is -2.30. The second kappa shape index (κ2) is 6.17. The lowest BCUT2D eigenvalue weighted by molar-refractivity contribution is -0.129. The van der Waals surface area contributed by atoms with Gasteiger partial charge >= 0.3 is 0 Å². The van der Waals surface area contributed by atoms with Crippen LogP contribution >= 0.6 is 0 Å². The van der Waals surface area contributed by atoms with Crippen LogP contribution in [0.1, 0.15) is 31.0 Å². The van der Waals surface area contributed by atoms with E-state index >= 15 is 0 Å². The monoisotopic (exact) mass is 262 g/mol. The number of hydrogen-bond donors (Lipinski definition) is 2. The number of ether oxygens (including phenoxy) is 1. The molecule has 4 heteroatoms. The Kier molecular flexibility index (Phi) is 4.56. The topological polar surface area (TPSA) is 50.4 Å². The van der Waals surface area contributed by atoms with E-state index in [0.717, 1.165) is 12.1 Å². The van der Waals surface area contributed by atoms with Gasteiger partial charge < -0.3 is 15.4 Å². The number of aryl methyl sites for hydroxylation is 1. The van der Waals surface area contributed by atoms with Gasteiger partial charge in [-0.2, -0.15) is 0 Å². The molecule has 1 unspecified atom stereocenters. The first-order valence-corrected chi connectivity index (χ1v) is 6.80. The molecule has 1 aromatic rings. The number of amides is 1. The molecule has 2 rings (SSSR count). The van der Waals surface area contributed by atoms with Gasteiger partial charge in [-0.15, -0.1) is 0 Å². The molecule has 3 atom stereocenters. The highest BCUT2D eigenvalue weighted by Crippen LogP contribution is 2.17. The van der Waals surface area contributed by atoms with E-state index in [1.54, 1.807) is 0 Å². The van der Waals surface area contributed by atoms with E-state index in [9.17, 15) is 4.79 Å². The van der Waals surface area contributed by atoms with Gasteiger partial charge in [-0.3, -0.25) is 4.79 Å². The Bertz CT molecular complexity index is 448. The van der Waals surface area contributed by atoms with E-state index in [1.807, 2.05) is 26.0 Å². The van der Waals surface area contributed by atoms with Gasteiger partial charge in [-0.05, 0) is 31.9 Å². The zero-order valence-electron chi connectivity index (χ0n) is 11.8. The van der Waals surface area contributed by atoms with Gasteiger partial charge in [-0.1, -0.05) is 24.3 Å². The molecule has 1 aliphatic rings. The van der Waals surface area contributed by atoms with Crippen molar-refractivity contribution in [1.82, 2.24) is 10.6 Å². The number of rotatable bonds is 3. The van der Waals surface area contributed by atoms with Crippen molar-refractivity contribution in [2.75, 3.05) is 13.2 Å². The Balaban J connectivity index is 2.00. The molecular weight excluding hydrogens is 240 g/mol. The van der Waals surface area contributed by atoms with Crippen LogP contribution in [-0.4, -0.2) is 31.2 Å². The van der Waals surface area contributed by atoms with E-state index in [2.05, 4.69) is 29.7 Å². The molecule has 2 N–H and O–H groups in total. The van der Waals surface area contributed by atoms with E-state index in [1.165, 1.54) is 5.56 Å². The molecule has 0 saturated carbocycles. The number of benzene rings is 1. The van der Waals surface area contributed by atoms with E-state index in [0.29, 0.717) is 6.61 Å². The van der Waals surface area contributed by atoms with E-state index in [4.69, 9.17) is 4.74 Å². The Morgan fingerprint density at radius 3 is 2.89 bits per heavy atom. The maximum atomic E-state index is 12.2. The van der Waals surface area contributed by atoms with Crippen molar-refractivity contribution in [3.8, 4) is 0 Å². The first-order valence-electron chi connectivity index (χ1n) is 6.80. The Labute approximate surface area is 114 Å². The summed E-state index contributed by atoms with van der Waals surface area (Å²) in [5.41, 5.74) is 2.34. The van der Waals surface area contributed by atoms with Crippen molar-refractivity contribution in [3.05, 3.63) is 35.4 Å². The van der Waals surface area contributed by atoms with Crippen LogP contribution in [0, 0.1) is 6.92 Å². The normalized spacial score (nSPS) is 24.8. The molecule has 4 nitrogen and oxygen atoms in total. The summed E-state index contributed by atoms with van der Waals surface area (Å²) in [6, 6.07) is 7.85. The summed E-state index contributed by atoms with van der Waals surface area (Å²) in [4.78, 5) is 12.2.